The predicted molar refractivity (Wildman–Crippen MR) is 80.2 cm³/mol. The lowest BCUT2D eigenvalue weighted by Gasteiger charge is -2.22. The SMILES string of the molecule is Cc1nc2ccccc2n1CC(=O)N1C[C@@H](N)C[C@H]1C(=O)O. The van der Waals surface area contributed by atoms with Crippen molar-refractivity contribution in [2.75, 3.05) is 6.54 Å². The van der Waals surface area contributed by atoms with Gasteiger partial charge in [0, 0.05) is 12.6 Å². The Kier molecular flexibility index (Phi) is 3.58. The minimum absolute atomic E-state index is 0.0723. The number of carboxylic acids is 1. The molecule has 0 aliphatic carbocycles. The Hall–Kier alpha value is -2.41. The van der Waals surface area contributed by atoms with E-state index < -0.39 is 12.0 Å². The largest absolute Gasteiger partial charge is 0.480 e. The second kappa shape index (κ2) is 5.42. The standard InChI is InChI=1S/C15H18N4O3/c1-9-17-11-4-2-3-5-12(11)18(9)8-14(20)19-7-10(16)6-13(19)15(21)22/h2-5,10,13H,6-8,16H2,1H3,(H,21,22)/t10-,13-/m0/s1. The van der Waals surface area contributed by atoms with Crippen LogP contribution in [-0.2, 0) is 16.1 Å². The molecule has 0 radical (unpaired) electrons. The number of amides is 1. The number of hydrogen-bond donors (Lipinski definition) is 2. The molecule has 116 valence electrons. The third-order valence-corrected chi connectivity index (χ3v) is 4.08. The minimum Gasteiger partial charge on any atom is -0.480 e. The molecule has 1 aromatic heterocycles. The molecule has 7 nitrogen and oxygen atoms in total. The van der Waals surface area contributed by atoms with E-state index in [1.807, 2.05) is 31.2 Å². The number of nitrogens with zero attached hydrogens (tertiary/aromatic N) is 3. The van der Waals surface area contributed by atoms with Gasteiger partial charge in [-0.25, -0.2) is 9.78 Å². The van der Waals surface area contributed by atoms with Gasteiger partial charge in [0.2, 0.25) is 5.91 Å². The van der Waals surface area contributed by atoms with Crippen LogP contribution in [0.15, 0.2) is 24.3 Å². The molecular formula is C15H18N4O3. The van der Waals surface area contributed by atoms with Crippen molar-refractivity contribution in [2.24, 2.45) is 5.73 Å². The van der Waals surface area contributed by atoms with E-state index in [0.29, 0.717) is 6.42 Å². The maximum atomic E-state index is 12.5. The van der Waals surface area contributed by atoms with Crippen molar-refractivity contribution in [2.45, 2.75) is 32.0 Å². The van der Waals surface area contributed by atoms with E-state index in [0.717, 1.165) is 16.9 Å². The van der Waals surface area contributed by atoms with E-state index in [1.54, 1.807) is 4.57 Å². The molecule has 7 heteroatoms. The van der Waals surface area contributed by atoms with Crippen LogP contribution in [0.1, 0.15) is 12.2 Å². The van der Waals surface area contributed by atoms with Crippen LogP contribution in [0, 0.1) is 6.92 Å². The van der Waals surface area contributed by atoms with Gasteiger partial charge in [0.05, 0.1) is 11.0 Å². The molecule has 1 aliphatic rings. The van der Waals surface area contributed by atoms with Gasteiger partial charge in [-0.1, -0.05) is 12.1 Å². The molecule has 0 bridgehead atoms. The molecule has 1 aliphatic heterocycles. The van der Waals surface area contributed by atoms with Gasteiger partial charge in [0.1, 0.15) is 18.4 Å². The number of para-hydroxylation sites is 2. The van der Waals surface area contributed by atoms with Gasteiger partial charge in [0.15, 0.2) is 0 Å². The average molecular weight is 302 g/mol. The first-order valence-corrected chi connectivity index (χ1v) is 7.17. The summed E-state index contributed by atoms with van der Waals surface area (Å²) < 4.78 is 1.81. The third kappa shape index (κ3) is 2.43. The Balaban J connectivity index is 1.87. The highest BCUT2D eigenvalue weighted by molar-refractivity contribution is 5.86. The quantitative estimate of drug-likeness (QED) is 0.852. The molecule has 2 aromatic rings. The number of imidazole rings is 1. The summed E-state index contributed by atoms with van der Waals surface area (Å²) in [6, 6.07) is 6.43. The highest BCUT2D eigenvalue weighted by Crippen LogP contribution is 2.20. The van der Waals surface area contributed by atoms with E-state index in [4.69, 9.17) is 5.73 Å². The topological polar surface area (TPSA) is 101 Å². The summed E-state index contributed by atoms with van der Waals surface area (Å²) >= 11 is 0. The number of likely N-dealkylation sites (tertiary alicyclic amines) is 1. The monoisotopic (exact) mass is 302 g/mol. The number of carbonyl (C=O) groups is 2. The van der Waals surface area contributed by atoms with E-state index >= 15 is 0 Å². The normalized spacial score (nSPS) is 21.5. The zero-order valence-electron chi connectivity index (χ0n) is 12.3. The van der Waals surface area contributed by atoms with Crippen LogP contribution in [0.5, 0.6) is 0 Å². The maximum Gasteiger partial charge on any atom is 0.326 e. The first-order chi connectivity index (χ1) is 10.5. The van der Waals surface area contributed by atoms with Gasteiger partial charge >= 0.3 is 5.97 Å². The van der Waals surface area contributed by atoms with E-state index in [9.17, 15) is 14.7 Å². The molecule has 1 aromatic carbocycles. The zero-order valence-corrected chi connectivity index (χ0v) is 12.3. The molecule has 1 fully saturated rings. The summed E-state index contributed by atoms with van der Waals surface area (Å²) in [7, 11) is 0. The summed E-state index contributed by atoms with van der Waals surface area (Å²) in [4.78, 5) is 29.6. The van der Waals surface area contributed by atoms with Crippen molar-refractivity contribution < 1.29 is 14.7 Å². The van der Waals surface area contributed by atoms with Crippen molar-refractivity contribution in [3.63, 3.8) is 0 Å². The zero-order chi connectivity index (χ0) is 15.9. The smallest absolute Gasteiger partial charge is 0.326 e. The fraction of sp³-hybridized carbons (Fsp3) is 0.400. The van der Waals surface area contributed by atoms with Gasteiger partial charge < -0.3 is 20.3 Å². The van der Waals surface area contributed by atoms with E-state index in [2.05, 4.69) is 4.98 Å². The lowest BCUT2D eigenvalue weighted by Crippen LogP contribution is -2.42. The number of nitrogens with two attached hydrogens (primary N) is 1. The van der Waals surface area contributed by atoms with Gasteiger partial charge in [-0.05, 0) is 25.5 Å². The average Bonchev–Trinajstić information content (AvgIpc) is 3.00. The molecule has 1 amide bonds. The highest BCUT2D eigenvalue weighted by Gasteiger charge is 2.38. The van der Waals surface area contributed by atoms with E-state index in [-0.39, 0.29) is 25.0 Å². The Bertz CT molecular complexity index is 739. The third-order valence-electron chi connectivity index (χ3n) is 4.08. The summed E-state index contributed by atoms with van der Waals surface area (Å²) in [5.74, 6) is -0.523. The van der Waals surface area contributed by atoms with Crippen LogP contribution < -0.4 is 5.73 Å². The number of hydrogen-bond acceptors (Lipinski definition) is 4. The van der Waals surface area contributed by atoms with Crippen LogP contribution in [-0.4, -0.2) is 50.1 Å². The molecule has 3 N–H and O–H groups in total. The number of carboxylic acid groups (broad SMARTS) is 1. The van der Waals surface area contributed by atoms with Crippen LogP contribution in [0.3, 0.4) is 0 Å². The molecule has 0 unspecified atom stereocenters. The Labute approximate surface area is 127 Å². The van der Waals surface area contributed by atoms with Crippen molar-refractivity contribution >= 4 is 22.9 Å². The fourth-order valence-electron chi connectivity index (χ4n) is 3.00. The molecule has 0 saturated carbocycles. The van der Waals surface area contributed by atoms with Crippen LogP contribution in [0.4, 0.5) is 0 Å². The summed E-state index contributed by atoms with van der Waals surface area (Å²) in [5.41, 5.74) is 7.49. The van der Waals surface area contributed by atoms with Gasteiger partial charge in [-0.3, -0.25) is 4.79 Å². The Morgan fingerprint density at radius 1 is 1.41 bits per heavy atom. The second-order valence-electron chi connectivity index (χ2n) is 5.63. The van der Waals surface area contributed by atoms with Crippen molar-refractivity contribution in [3.8, 4) is 0 Å². The molecule has 1 saturated heterocycles. The molecule has 0 spiro atoms. The molecule has 22 heavy (non-hydrogen) atoms. The number of carbonyl (C=O) groups excluding carboxylic acids is 1. The van der Waals surface area contributed by atoms with Crippen LogP contribution in [0.25, 0.3) is 11.0 Å². The molecule has 2 heterocycles. The first-order valence-electron chi connectivity index (χ1n) is 7.17. The van der Waals surface area contributed by atoms with Gasteiger partial charge in [-0.15, -0.1) is 0 Å². The number of benzene rings is 1. The van der Waals surface area contributed by atoms with Crippen molar-refractivity contribution in [1.29, 1.82) is 0 Å². The number of aryl methyl sites for hydroxylation is 1. The van der Waals surface area contributed by atoms with Crippen LogP contribution >= 0.6 is 0 Å². The second-order valence-corrected chi connectivity index (χ2v) is 5.63. The summed E-state index contributed by atoms with van der Waals surface area (Å²) in [6.07, 6.45) is 0.296. The summed E-state index contributed by atoms with van der Waals surface area (Å²) in [6.45, 7) is 2.18. The number of aromatic nitrogens is 2. The summed E-state index contributed by atoms with van der Waals surface area (Å²) in [5, 5.41) is 9.23. The molecule has 3 rings (SSSR count). The number of aliphatic carboxylic acids is 1. The van der Waals surface area contributed by atoms with Crippen LogP contribution in [0.2, 0.25) is 0 Å². The highest BCUT2D eigenvalue weighted by atomic mass is 16.4. The van der Waals surface area contributed by atoms with Gasteiger partial charge in [-0.2, -0.15) is 0 Å². The minimum atomic E-state index is -1.01. The van der Waals surface area contributed by atoms with Gasteiger partial charge in [0.25, 0.3) is 0 Å². The first kappa shape index (κ1) is 14.5. The lowest BCUT2D eigenvalue weighted by molar-refractivity contribution is -0.148. The molecule has 2 atom stereocenters. The van der Waals surface area contributed by atoms with E-state index in [1.165, 1.54) is 4.90 Å². The Morgan fingerprint density at radius 2 is 2.14 bits per heavy atom. The maximum absolute atomic E-state index is 12.5. The number of rotatable bonds is 3. The fourth-order valence-corrected chi connectivity index (χ4v) is 3.00. The van der Waals surface area contributed by atoms with Crippen molar-refractivity contribution in [1.82, 2.24) is 14.5 Å². The lowest BCUT2D eigenvalue weighted by atomic mass is 10.2. The molecular weight excluding hydrogens is 284 g/mol. The Morgan fingerprint density at radius 3 is 2.86 bits per heavy atom. The number of fused-ring (bicyclic) bond motifs is 1. The predicted octanol–water partition coefficient (Wildman–Crippen LogP) is 0.358. The van der Waals surface area contributed by atoms with Crippen molar-refractivity contribution in [3.05, 3.63) is 30.1 Å².